The summed E-state index contributed by atoms with van der Waals surface area (Å²) < 4.78 is 0. The standard InChI is InChI=1S/C20H33N3O2/c1-15(2)19(24)7-10-21-20(25)22-18-8-11-23(12-9-18)14-17-6-4-5-16(3)13-17/h4-6,13,15,18-19,24H,7-12,14H2,1-3H3,(H2,21,22,25). The van der Waals surface area contributed by atoms with Crippen molar-refractivity contribution in [2.75, 3.05) is 19.6 Å². The Kier molecular flexibility index (Phi) is 7.72. The Bertz CT molecular complexity index is 539. The van der Waals surface area contributed by atoms with Gasteiger partial charge in [0.2, 0.25) is 0 Å². The number of aryl methyl sites for hydroxylation is 1. The SMILES string of the molecule is Cc1cccc(CN2CCC(NC(=O)NCCC(O)C(C)C)CC2)c1. The summed E-state index contributed by atoms with van der Waals surface area (Å²) in [4.78, 5) is 14.4. The van der Waals surface area contributed by atoms with Crippen LogP contribution in [-0.2, 0) is 6.54 Å². The summed E-state index contributed by atoms with van der Waals surface area (Å²) in [5.41, 5.74) is 2.65. The van der Waals surface area contributed by atoms with E-state index in [0.717, 1.165) is 32.5 Å². The molecule has 0 aliphatic carbocycles. The van der Waals surface area contributed by atoms with Gasteiger partial charge in [-0.25, -0.2) is 4.79 Å². The average molecular weight is 348 g/mol. The molecule has 1 atom stereocenters. The molecular weight excluding hydrogens is 314 g/mol. The third-order valence-electron chi connectivity index (χ3n) is 4.91. The van der Waals surface area contributed by atoms with Gasteiger partial charge in [-0.05, 0) is 37.7 Å². The number of nitrogens with zero attached hydrogens (tertiary/aromatic N) is 1. The van der Waals surface area contributed by atoms with E-state index in [0.29, 0.717) is 13.0 Å². The van der Waals surface area contributed by atoms with Crippen LogP contribution in [0.15, 0.2) is 24.3 Å². The second-order valence-corrected chi connectivity index (χ2v) is 7.54. The van der Waals surface area contributed by atoms with Crippen molar-refractivity contribution in [2.45, 2.75) is 58.7 Å². The number of rotatable bonds is 7. The summed E-state index contributed by atoms with van der Waals surface area (Å²) >= 11 is 0. The first-order valence-electron chi connectivity index (χ1n) is 9.44. The molecule has 3 N–H and O–H groups in total. The van der Waals surface area contributed by atoms with Crippen molar-refractivity contribution in [3.05, 3.63) is 35.4 Å². The molecule has 25 heavy (non-hydrogen) atoms. The number of likely N-dealkylation sites (tertiary alicyclic amines) is 1. The van der Waals surface area contributed by atoms with E-state index in [-0.39, 0.29) is 24.1 Å². The molecule has 1 saturated heterocycles. The summed E-state index contributed by atoms with van der Waals surface area (Å²) in [6, 6.07) is 8.77. The van der Waals surface area contributed by atoms with Crippen LogP contribution in [0.1, 0.15) is 44.2 Å². The Balaban J connectivity index is 1.64. The normalized spacial score (nSPS) is 17.5. The quantitative estimate of drug-likeness (QED) is 0.710. The maximum absolute atomic E-state index is 12.0. The summed E-state index contributed by atoms with van der Waals surface area (Å²) in [5.74, 6) is 0.225. The maximum atomic E-state index is 12.0. The summed E-state index contributed by atoms with van der Waals surface area (Å²) in [6.45, 7) is 9.59. The number of nitrogens with one attached hydrogen (secondary N) is 2. The lowest BCUT2D eigenvalue weighted by Gasteiger charge is -2.32. The van der Waals surface area contributed by atoms with E-state index < -0.39 is 0 Å². The van der Waals surface area contributed by atoms with Gasteiger partial charge in [0, 0.05) is 32.2 Å². The molecule has 140 valence electrons. The number of carbonyl (C=O) groups is 1. The van der Waals surface area contributed by atoms with Gasteiger partial charge in [-0.2, -0.15) is 0 Å². The molecule has 1 aliphatic rings. The van der Waals surface area contributed by atoms with Crippen LogP contribution in [0.3, 0.4) is 0 Å². The van der Waals surface area contributed by atoms with Crippen LogP contribution < -0.4 is 10.6 Å². The van der Waals surface area contributed by atoms with E-state index in [1.807, 2.05) is 13.8 Å². The van der Waals surface area contributed by atoms with Crippen LogP contribution in [0, 0.1) is 12.8 Å². The van der Waals surface area contributed by atoms with Crippen LogP contribution in [0.25, 0.3) is 0 Å². The van der Waals surface area contributed by atoms with E-state index in [2.05, 4.69) is 46.7 Å². The van der Waals surface area contributed by atoms with Crippen LogP contribution in [0.2, 0.25) is 0 Å². The van der Waals surface area contributed by atoms with Gasteiger partial charge in [0.15, 0.2) is 0 Å². The zero-order valence-corrected chi connectivity index (χ0v) is 15.8. The second-order valence-electron chi connectivity index (χ2n) is 7.54. The lowest BCUT2D eigenvalue weighted by Crippen LogP contribution is -2.48. The number of piperidine rings is 1. The van der Waals surface area contributed by atoms with Crippen LogP contribution in [0.5, 0.6) is 0 Å². The number of aliphatic hydroxyl groups is 1. The molecule has 2 rings (SSSR count). The molecule has 0 spiro atoms. The number of aliphatic hydroxyl groups excluding tert-OH is 1. The van der Waals surface area contributed by atoms with Gasteiger partial charge in [-0.15, -0.1) is 0 Å². The highest BCUT2D eigenvalue weighted by Crippen LogP contribution is 2.14. The number of amides is 2. The Morgan fingerprint density at radius 1 is 1.32 bits per heavy atom. The zero-order valence-electron chi connectivity index (χ0n) is 15.8. The molecule has 1 aromatic rings. The van der Waals surface area contributed by atoms with E-state index in [4.69, 9.17) is 0 Å². The second kappa shape index (κ2) is 9.78. The smallest absolute Gasteiger partial charge is 0.315 e. The summed E-state index contributed by atoms with van der Waals surface area (Å²) in [6.07, 6.45) is 2.20. The van der Waals surface area contributed by atoms with E-state index in [1.54, 1.807) is 0 Å². The molecule has 0 saturated carbocycles. The first-order chi connectivity index (χ1) is 11.9. The lowest BCUT2D eigenvalue weighted by atomic mass is 10.0. The molecule has 2 amide bonds. The number of hydrogen-bond donors (Lipinski definition) is 3. The van der Waals surface area contributed by atoms with Crippen molar-refractivity contribution in [3.63, 3.8) is 0 Å². The molecule has 5 nitrogen and oxygen atoms in total. The fourth-order valence-electron chi connectivity index (χ4n) is 3.21. The highest BCUT2D eigenvalue weighted by atomic mass is 16.3. The van der Waals surface area contributed by atoms with Crippen LogP contribution in [-0.4, -0.2) is 47.8 Å². The van der Waals surface area contributed by atoms with Gasteiger partial charge < -0.3 is 15.7 Å². The third kappa shape index (κ3) is 7.04. The molecular formula is C20H33N3O2. The zero-order chi connectivity index (χ0) is 18.2. The van der Waals surface area contributed by atoms with Crippen LogP contribution >= 0.6 is 0 Å². The number of carbonyl (C=O) groups excluding carboxylic acids is 1. The highest BCUT2D eigenvalue weighted by Gasteiger charge is 2.20. The molecule has 1 fully saturated rings. The maximum Gasteiger partial charge on any atom is 0.315 e. The van der Waals surface area contributed by atoms with Crippen molar-refractivity contribution in [3.8, 4) is 0 Å². The minimum Gasteiger partial charge on any atom is -0.393 e. The molecule has 1 aromatic carbocycles. The van der Waals surface area contributed by atoms with Crippen molar-refractivity contribution >= 4 is 6.03 Å². The van der Waals surface area contributed by atoms with Crippen molar-refractivity contribution < 1.29 is 9.90 Å². The minimum atomic E-state index is -0.356. The molecule has 1 aliphatic heterocycles. The number of hydrogen-bond acceptors (Lipinski definition) is 3. The van der Waals surface area contributed by atoms with Gasteiger partial charge in [0.25, 0.3) is 0 Å². The highest BCUT2D eigenvalue weighted by molar-refractivity contribution is 5.74. The van der Waals surface area contributed by atoms with E-state index in [1.165, 1.54) is 11.1 Å². The summed E-state index contributed by atoms with van der Waals surface area (Å²) in [7, 11) is 0. The molecule has 1 heterocycles. The first kappa shape index (κ1) is 19.7. The molecule has 1 unspecified atom stereocenters. The Hall–Kier alpha value is -1.59. The first-order valence-corrected chi connectivity index (χ1v) is 9.44. The topological polar surface area (TPSA) is 64.6 Å². The van der Waals surface area contributed by atoms with E-state index in [9.17, 15) is 9.90 Å². The largest absolute Gasteiger partial charge is 0.393 e. The van der Waals surface area contributed by atoms with Crippen molar-refractivity contribution in [2.24, 2.45) is 5.92 Å². The third-order valence-corrected chi connectivity index (χ3v) is 4.91. The van der Waals surface area contributed by atoms with Gasteiger partial charge in [-0.1, -0.05) is 43.7 Å². The monoisotopic (exact) mass is 347 g/mol. The lowest BCUT2D eigenvalue weighted by molar-refractivity contribution is 0.116. The number of benzene rings is 1. The Morgan fingerprint density at radius 3 is 2.68 bits per heavy atom. The molecule has 0 aromatic heterocycles. The van der Waals surface area contributed by atoms with Crippen LogP contribution in [0.4, 0.5) is 4.79 Å². The molecule has 0 bridgehead atoms. The van der Waals surface area contributed by atoms with Gasteiger partial charge in [-0.3, -0.25) is 4.90 Å². The fourth-order valence-corrected chi connectivity index (χ4v) is 3.21. The molecule has 5 heteroatoms. The average Bonchev–Trinajstić information content (AvgIpc) is 2.56. The van der Waals surface area contributed by atoms with Crippen molar-refractivity contribution in [1.29, 1.82) is 0 Å². The Labute approximate surface area is 151 Å². The van der Waals surface area contributed by atoms with Gasteiger partial charge in [0.05, 0.1) is 6.10 Å². The fraction of sp³-hybridized carbons (Fsp3) is 0.650. The van der Waals surface area contributed by atoms with Crippen molar-refractivity contribution in [1.82, 2.24) is 15.5 Å². The van der Waals surface area contributed by atoms with Gasteiger partial charge in [0.1, 0.15) is 0 Å². The minimum absolute atomic E-state index is 0.118. The predicted molar refractivity (Wildman–Crippen MR) is 101 cm³/mol. The predicted octanol–water partition coefficient (Wildman–Crippen LogP) is 2.67. The molecule has 0 radical (unpaired) electrons. The number of urea groups is 1. The van der Waals surface area contributed by atoms with E-state index >= 15 is 0 Å². The Morgan fingerprint density at radius 2 is 2.04 bits per heavy atom. The summed E-state index contributed by atoms with van der Waals surface area (Å²) in [5, 5.41) is 15.7. The van der Waals surface area contributed by atoms with Gasteiger partial charge >= 0.3 is 6.03 Å².